The Labute approximate surface area is 203 Å². The van der Waals surface area contributed by atoms with Crippen LogP contribution in [0, 0.1) is 10.8 Å². The highest BCUT2D eigenvalue weighted by atomic mass is 32.1. The highest BCUT2D eigenvalue weighted by Crippen LogP contribution is 2.69. The van der Waals surface area contributed by atoms with E-state index in [9.17, 15) is 10.0 Å². The zero-order valence-corrected chi connectivity index (χ0v) is 21.9. The summed E-state index contributed by atoms with van der Waals surface area (Å²) in [5.74, 6) is -0.409. The lowest BCUT2D eigenvalue weighted by molar-refractivity contribution is 0.0605. The highest BCUT2D eigenvalue weighted by Gasteiger charge is 2.73. The minimum atomic E-state index is -0.409. The van der Waals surface area contributed by atoms with Crippen molar-refractivity contribution in [2.24, 2.45) is 10.8 Å². The second kappa shape index (κ2) is 11.9. The number of hydrogen-bond acceptors (Lipinski definition) is 6. The summed E-state index contributed by atoms with van der Waals surface area (Å²) in [5, 5.41) is 13.2. The molecule has 2 fully saturated rings. The molecule has 1 N–H and O–H groups in total. The van der Waals surface area contributed by atoms with Crippen LogP contribution in [0.25, 0.3) is 0 Å². The standard InChI is InChI=1S/C12H15NO4S.C9H16.C6H8/c1-16-9-6-12(9)5-8(12)13(15)7-3-4-18-10(7)11(14)17-2;1-8-4-6-9(2,3)7-5-8;1-3-5-6-4-2/h3-4,8-9,15H,5-6H2,1-2H3;4H,5-7H2,1-3H3;3-4H,1-2H3. The Morgan fingerprint density at radius 1 is 1.24 bits per heavy atom. The molecule has 0 aromatic carbocycles. The number of esters is 1. The van der Waals surface area contributed by atoms with Crippen molar-refractivity contribution in [3.05, 3.63) is 51.6 Å². The predicted molar refractivity (Wildman–Crippen MR) is 135 cm³/mol. The van der Waals surface area contributed by atoms with Gasteiger partial charge in [0.1, 0.15) is 4.88 Å². The first kappa shape index (κ1) is 27.2. The van der Waals surface area contributed by atoms with Crippen LogP contribution in [0.2, 0.25) is 0 Å². The molecule has 3 aliphatic carbocycles. The van der Waals surface area contributed by atoms with Crippen molar-refractivity contribution in [2.75, 3.05) is 19.3 Å². The topological polar surface area (TPSA) is 59.0 Å². The Balaban J connectivity index is 0.000000215. The summed E-state index contributed by atoms with van der Waals surface area (Å²) in [4.78, 5) is 12.0. The lowest BCUT2D eigenvalue weighted by Crippen LogP contribution is -2.24. The van der Waals surface area contributed by atoms with E-state index in [1.807, 2.05) is 26.0 Å². The molecule has 2 saturated carbocycles. The first-order chi connectivity index (χ1) is 15.7. The molecular formula is C27H39NO4S. The SMILES string of the molecule is CC1=CCC(C)(C)CC1.CC=C=C=CC.COC(=O)c1sccc1N(O)C1CC12CC2OC. The molecule has 3 unspecified atom stereocenters. The van der Waals surface area contributed by atoms with E-state index in [2.05, 4.69) is 38.3 Å². The van der Waals surface area contributed by atoms with Gasteiger partial charge in [-0.3, -0.25) is 10.3 Å². The van der Waals surface area contributed by atoms with E-state index in [1.165, 1.54) is 42.8 Å². The maximum absolute atomic E-state index is 11.6. The molecule has 6 heteroatoms. The number of allylic oxidation sites excluding steroid dienone is 4. The van der Waals surface area contributed by atoms with E-state index in [1.54, 1.807) is 24.1 Å². The molecule has 1 spiro atoms. The summed E-state index contributed by atoms with van der Waals surface area (Å²) < 4.78 is 10.0. The number of nitrogens with zero attached hydrogens (tertiary/aromatic N) is 1. The number of carbonyl (C=O) groups is 1. The zero-order valence-electron chi connectivity index (χ0n) is 21.1. The summed E-state index contributed by atoms with van der Waals surface area (Å²) in [5.41, 5.74) is 8.34. The molecule has 0 aliphatic heterocycles. The first-order valence-corrected chi connectivity index (χ1v) is 12.4. The number of carbonyl (C=O) groups excluding carboxylic acids is 1. The Bertz CT molecular complexity index is 920. The molecule has 1 aromatic rings. The van der Waals surface area contributed by atoms with E-state index < -0.39 is 5.97 Å². The van der Waals surface area contributed by atoms with Gasteiger partial charge >= 0.3 is 5.97 Å². The van der Waals surface area contributed by atoms with Gasteiger partial charge in [0.25, 0.3) is 0 Å². The Morgan fingerprint density at radius 2 is 1.91 bits per heavy atom. The number of thiophene rings is 1. The molecule has 1 heterocycles. The van der Waals surface area contributed by atoms with Gasteiger partial charge in [0.2, 0.25) is 0 Å². The zero-order chi connectivity index (χ0) is 24.6. The van der Waals surface area contributed by atoms with Crippen LogP contribution >= 0.6 is 11.3 Å². The van der Waals surface area contributed by atoms with Gasteiger partial charge in [0, 0.05) is 12.5 Å². The Kier molecular flexibility index (Phi) is 9.78. The quantitative estimate of drug-likeness (QED) is 0.222. The summed E-state index contributed by atoms with van der Waals surface area (Å²) >= 11 is 1.28. The fourth-order valence-electron chi connectivity index (χ4n) is 4.05. The molecule has 0 amide bonds. The van der Waals surface area contributed by atoms with E-state index in [0.29, 0.717) is 16.0 Å². The average molecular weight is 474 g/mol. The van der Waals surface area contributed by atoms with Gasteiger partial charge in [-0.2, -0.15) is 0 Å². The largest absolute Gasteiger partial charge is 0.465 e. The molecule has 33 heavy (non-hydrogen) atoms. The molecule has 0 bridgehead atoms. The summed E-state index contributed by atoms with van der Waals surface area (Å²) in [6.07, 6.45) is 12.1. The third-order valence-electron chi connectivity index (χ3n) is 6.54. The highest BCUT2D eigenvalue weighted by molar-refractivity contribution is 7.12. The number of hydroxylamine groups is 1. The molecular weight excluding hydrogens is 434 g/mol. The minimum Gasteiger partial charge on any atom is -0.465 e. The fraction of sp³-hybridized carbons (Fsp3) is 0.593. The number of ether oxygens (including phenoxy) is 2. The lowest BCUT2D eigenvalue weighted by atomic mass is 9.79. The van der Waals surface area contributed by atoms with E-state index in [4.69, 9.17) is 9.47 Å². The van der Waals surface area contributed by atoms with Crippen molar-refractivity contribution in [2.45, 2.75) is 78.9 Å². The smallest absolute Gasteiger partial charge is 0.350 e. The van der Waals surface area contributed by atoms with Gasteiger partial charge in [-0.15, -0.1) is 11.3 Å². The van der Waals surface area contributed by atoms with Crippen LogP contribution in [0.3, 0.4) is 0 Å². The van der Waals surface area contributed by atoms with Crippen molar-refractivity contribution in [1.82, 2.24) is 0 Å². The molecule has 182 valence electrons. The second-order valence-corrected chi connectivity index (χ2v) is 10.6. The normalized spacial score (nSPS) is 25.5. The summed E-state index contributed by atoms with van der Waals surface area (Å²) in [6, 6.07) is 1.80. The number of anilines is 1. The molecule has 0 radical (unpaired) electrons. The van der Waals surface area contributed by atoms with Crippen molar-refractivity contribution in [1.29, 1.82) is 0 Å². The third kappa shape index (κ3) is 7.20. The van der Waals surface area contributed by atoms with Crippen molar-refractivity contribution in [3.63, 3.8) is 0 Å². The number of hydrogen-bond donors (Lipinski definition) is 1. The Morgan fingerprint density at radius 3 is 2.36 bits per heavy atom. The molecule has 1 aromatic heterocycles. The first-order valence-electron chi connectivity index (χ1n) is 11.5. The monoisotopic (exact) mass is 473 g/mol. The van der Waals surface area contributed by atoms with Crippen molar-refractivity contribution in [3.8, 4) is 0 Å². The van der Waals surface area contributed by atoms with Crippen LogP contribution in [0.15, 0.2) is 46.7 Å². The second-order valence-electron chi connectivity index (χ2n) is 9.64. The molecule has 5 nitrogen and oxygen atoms in total. The van der Waals surface area contributed by atoms with Gasteiger partial charge < -0.3 is 9.47 Å². The number of rotatable bonds is 4. The van der Waals surface area contributed by atoms with Crippen LogP contribution in [0.4, 0.5) is 5.69 Å². The van der Waals surface area contributed by atoms with Crippen LogP contribution < -0.4 is 5.06 Å². The van der Waals surface area contributed by atoms with Crippen LogP contribution in [0.1, 0.15) is 76.4 Å². The molecule has 4 rings (SSSR count). The third-order valence-corrected chi connectivity index (χ3v) is 7.42. The fourth-order valence-corrected chi connectivity index (χ4v) is 4.85. The average Bonchev–Trinajstić information content (AvgIpc) is 3.65. The maximum Gasteiger partial charge on any atom is 0.350 e. The van der Waals surface area contributed by atoms with Gasteiger partial charge in [-0.1, -0.05) is 37.0 Å². The summed E-state index contributed by atoms with van der Waals surface area (Å²) in [7, 11) is 3.04. The number of methoxy groups -OCH3 is 2. The predicted octanol–water partition coefficient (Wildman–Crippen LogP) is 6.94. The van der Waals surface area contributed by atoms with Crippen LogP contribution in [0.5, 0.6) is 0 Å². The molecule has 0 saturated heterocycles. The van der Waals surface area contributed by atoms with Gasteiger partial charge in [0.15, 0.2) is 0 Å². The summed E-state index contributed by atoms with van der Waals surface area (Å²) in [6.45, 7) is 10.7. The van der Waals surface area contributed by atoms with Crippen molar-refractivity contribution < 1.29 is 19.5 Å². The van der Waals surface area contributed by atoms with Gasteiger partial charge in [-0.25, -0.2) is 4.79 Å². The van der Waals surface area contributed by atoms with Crippen LogP contribution in [-0.2, 0) is 9.47 Å². The Hall–Kier alpha value is -2.07. The molecule has 3 atom stereocenters. The van der Waals surface area contributed by atoms with Crippen molar-refractivity contribution >= 4 is 23.0 Å². The lowest BCUT2D eigenvalue weighted by Gasteiger charge is -2.27. The minimum absolute atomic E-state index is 0.0560. The van der Waals surface area contributed by atoms with Gasteiger partial charge in [0.05, 0.1) is 24.9 Å². The van der Waals surface area contributed by atoms with E-state index in [0.717, 1.165) is 12.8 Å². The van der Waals surface area contributed by atoms with Gasteiger partial charge in [-0.05, 0) is 81.9 Å². The molecule has 3 aliphatic rings. The van der Waals surface area contributed by atoms with E-state index >= 15 is 0 Å². The van der Waals surface area contributed by atoms with Crippen LogP contribution in [-0.4, -0.2) is 37.5 Å². The van der Waals surface area contributed by atoms with E-state index in [-0.39, 0.29) is 17.6 Å². The maximum atomic E-state index is 11.6.